The van der Waals surface area contributed by atoms with Gasteiger partial charge in [0.15, 0.2) is 0 Å². The van der Waals surface area contributed by atoms with Gasteiger partial charge in [0.1, 0.15) is 4.90 Å². The van der Waals surface area contributed by atoms with Crippen LogP contribution in [0.4, 0.5) is 22.0 Å². The average Bonchev–Trinajstić information content (AvgIpc) is 2.23. The molecule has 0 radical (unpaired) electrons. The first kappa shape index (κ1) is 17.2. The molecule has 0 saturated heterocycles. The van der Waals surface area contributed by atoms with E-state index in [9.17, 15) is 30.4 Å². The summed E-state index contributed by atoms with van der Waals surface area (Å²) in [6, 6.07) is 0. The molecule has 114 valence electrons. The van der Waals surface area contributed by atoms with Crippen LogP contribution in [0.25, 0.3) is 0 Å². The molecule has 12 heteroatoms. The number of rotatable bonds is 4. The summed E-state index contributed by atoms with van der Waals surface area (Å²) in [4.78, 5) is 2.01. The Kier molecular flexibility index (Phi) is 5.03. The first-order chi connectivity index (χ1) is 8.97. The van der Waals surface area contributed by atoms with Gasteiger partial charge < -0.3 is 4.74 Å². The fourth-order valence-electron chi connectivity index (χ4n) is 1.29. The number of hydrogen-bond acceptors (Lipinski definition) is 4. The molecule has 0 fully saturated rings. The van der Waals surface area contributed by atoms with Crippen molar-refractivity contribution in [1.82, 2.24) is 4.98 Å². The van der Waals surface area contributed by atoms with E-state index in [1.807, 2.05) is 0 Å². The van der Waals surface area contributed by atoms with E-state index in [-0.39, 0.29) is 0 Å². The highest BCUT2D eigenvalue weighted by Gasteiger charge is 2.36. The quantitative estimate of drug-likeness (QED) is 0.468. The SMILES string of the molecule is O=S(=O)(Cl)c1cnc(OC(F)(F)F)c(C(F)F)c1CCl. The standard InChI is InChI=1S/C8H4Cl2F5NO3S/c9-1-3-4(20(10,17)18)2-16-7(5(3)6(11)12)19-8(13,14)15/h2,6H,1H2. The second kappa shape index (κ2) is 5.86. The summed E-state index contributed by atoms with van der Waals surface area (Å²) in [7, 11) is 0.463. The van der Waals surface area contributed by atoms with Crippen LogP contribution in [0.3, 0.4) is 0 Å². The Balaban J connectivity index is 3.59. The fraction of sp³-hybridized carbons (Fsp3) is 0.375. The molecule has 0 aliphatic carbocycles. The third kappa shape index (κ3) is 4.06. The van der Waals surface area contributed by atoms with Gasteiger partial charge in [-0.3, -0.25) is 0 Å². The molecule has 20 heavy (non-hydrogen) atoms. The van der Waals surface area contributed by atoms with Crippen LogP contribution in [0.1, 0.15) is 17.6 Å². The molecule has 0 aliphatic rings. The van der Waals surface area contributed by atoms with E-state index in [1.165, 1.54) is 0 Å². The summed E-state index contributed by atoms with van der Waals surface area (Å²) >= 11 is 5.31. The van der Waals surface area contributed by atoms with Gasteiger partial charge in [-0.05, 0) is 0 Å². The lowest BCUT2D eigenvalue weighted by molar-refractivity contribution is -0.276. The lowest BCUT2D eigenvalue weighted by Crippen LogP contribution is -2.20. The molecule has 1 aromatic heterocycles. The van der Waals surface area contributed by atoms with Crippen LogP contribution in [0, 0.1) is 0 Å². The lowest BCUT2D eigenvalue weighted by Gasteiger charge is -2.15. The molecule has 1 heterocycles. The van der Waals surface area contributed by atoms with Crippen LogP contribution in [-0.4, -0.2) is 19.8 Å². The van der Waals surface area contributed by atoms with Crippen molar-refractivity contribution >= 4 is 31.3 Å². The number of alkyl halides is 6. The smallest absolute Gasteiger partial charge is 0.387 e. The predicted molar refractivity (Wildman–Crippen MR) is 58.5 cm³/mol. The van der Waals surface area contributed by atoms with Crippen LogP contribution in [0.2, 0.25) is 0 Å². The molecule has 0 spiro atoms. The second-order valence-corrected chi connectivity index (χ2v) is 6.04. The van der Waals surface area contributed by atoms with E-state index >= 15 is 0 Å². The molecule has 4 nitrogen and oxygen atoms in total. The van der Waals surface area contributed by atoms with Crippen molar-refractivity contribution in [3.63, 3.8) is 0 Å². The van der Waals surface area contributed by atoms with Gasteiger partial charge in [0.05, 0.1) is 11.8 Å². The molecule has 1 aromatic rings. The number of halogens is 7. The van der Waals surface area contributed by atoms with Gasteiger partial charge >= 0.3 is 6.36 Å². The van der Waals surface area contributed by atoms with Crippen LogP contribution >= 0.6 is 22.3 Å². The van der Waals surface area contributed by atoms with Gasteiger partial charge in [-0.1, -0.05) is 0 Å². The summed E-state index contributed by atoms with van der Waals surface area (Å²) in [6.07, 6.45) is -8.40. The number of hydrogen-bond donors (Lipinski definition) is 0. The number of aromatic nitrogens is 1. The van der Waals surface area contributed by atoms with Crippen LogP contribution in [0.5, 0.6) is 5.88 Å². The van der Waals surface area contributed by atoms with E-state index in [1.54, 1.807) is 0 Å². The summed E-state index contributed by atoms with van der Waals surface area (Å²) in [5.41, 5.74) is -2.18. The number of ether oxygens (including phenoxy) is 1. The van der Waals surface area contributed by atoms with E-state index in [4.69, 9.17) is 22.3 Å². The number of nitrogens with zero attached hydrogens (tertiary/aromatic N) is 1. The van der Waals surface area contributed by atoms with Gasteiger partial charge in [-0.2, -0.15) is 0 Å². The number of pyridine rings is 1. The molecular weight excluding hydrogens is 356 g/mol. The minimum absolute atomic E-state index is 0.368. The minimum Gasteiger partial charge on any atom is -0.387 e. The molecule has 0 saturated carbocycles. The Morgan fingerprint density at radius 1 is 1.35 bits per heavy atom. The van der Waals surface area contributed by atoms with Crippen LogP contribution in [-0.2, 0) is 14.9 Å². The topological polar surface area (TPSA) is 56.3 Å². The molecule has 0 amide bonds. The van der Waals surface area contributed by atoms with Crippen molar-refractivity contribution in [2.24, 2.45) is 0 Å². The summed E-state index contributed by atoms with van der Waals surface area (Å²) < 4.78 is 87.5. The monoisotopic (exact) mass is 359 g/mol. The summed E-state index contributed by atoms with van der Waals surface area (Å²) in [6.45, 7) is 0. The molecule has 0 atom stereocenters. The minimum atomic E-state index is -5.28. The van der Waals surface area contributed by atoms with E-state index in [2.05, 4.69) is 9.72 Å². The summed E-state index contributed by atoms with van der Waals surface area (Å²) in [5, 5.41) is 0. The molecule has 0 unspecified atom stereocenters. The van der Waals surface area contributed by atoms with Crippen LogP contribution in [0.15, 0.2) is 11.1 Å². The van der Waals surface area contributed by atoms with Crippen molar-refractivity contribution in [2.75, 3.05) is 0 Å². The van der Waals surface area contributed by atoms with E-state index in [0.717, 1.165) is 0 Å². The van der Waals surface area contributed by atoms with Gasteiger partial charge in [-0.15, -0.1) is 24.8 Å². The molecular formula is C8H4Cl2F5NO3S. The zero-order valence-electron chi connectivity index (χ0n) is 9.09. The van der Waals surface area contributed by atoms with Crippen molar-refractivity contribution in [3.05, 3.63) is 17.3 Å². The zero-order chi connectivity index (χ0) is 15.7. The summed E-state index contributed by atoms with van der Waals surface area (Å²) in [5.74, 6) is -2.30. The van der Waals surface area contributed by atoms with Gasteiger partial charge in [0.25, 0.3) is 15.5 Å². The van der Waals surface area contributed by atoms with Crippen molar-refractivity contribution in [1.29, 1.82) is 0 Å². The van der Waals surface area contributed by atoms with Crippen molar-refractivity contribution < 1.29 is 35.1 Å². The Morgan fingerprint density at radius 3 is 2.25 bits per heavy atom. The third-order valence-electron chi connectivity index (χ3n) is 1.98. The lowest BCUT2D eigenvalue weighted by atomic mass is 10.1. The van der Waals surface area contributed by atoms with Gasteiger partial charge in [0.2, 0.25) is 5.88 Å². The Labute approximate surface area is 118 Å². The maximum absolute atomic E-state index is 12.8. The fourth-order valence-corrected chi connectivity index (χ4v) is 2.71. The first-order valence-corrected chi connectivity index (χ1v) is 7.38. The highest BCUT2D eigenvalue weighted by Crippen LogP contribution is 2.38. The second-order valence-electron chi connectivity index (χ2n) is 3.24. The van der Waals surface area contributed by atoms with Gasteiger partial charge in [-0.25, -0.2) is 22.2 Å². The zero-order valence-corrected chi connectivity index (χ0v) is 11.4. The molecule has 0 aliphatic heterocycles. The highest BCUT2D eigenvalue weighted by molar-refractivity contribution is 8.13. The Hall–Kier alpha value is -0.870. The van der Waals surface area contributed by atoms with E-state index in [0.29, 0.717) is 6.20 Å². The Bertz CT molecular complexity index is 605. The highest BCUT2D eigenvalue weighted by atomic mass is 35.7. The van der Waals surface area contributed by atoms with Crippen LogP contribution < -0.4 is 4.74 Å². The largest absolute Gasteiger partial charge is 0.574 e. The third-order valence-corrected chi connectivity index (χ3v) is 3.62. The Morgan fingerprint density at radius 2 is 1.90 bits per heavy atom. The maximum Gasteiger partial charge on any atom is 0.574 e. The normalized spacial score (nSPS) is 12.8. The molecule has 0 aromatic carbocycles. The maximum atomic E-state index is 12.8. The predicted octanol–water partition coefficient (Wildman–Crippen LogP) is 3.58. The van der Waals surface area contributed by atoms with Crippen molar-refractivity contribution in [2.45, 2.75) is 23.6 Å². The molecule has 0 bridgehead atoms. The van der Waals surface area contributed by atoms with E-state index < -0.39 is 49.6 Å². The van der Waals surface area contributed by atoms with Gasteiger partial charge in [0, 0.05) is 22.1 Å². The first-order valence-electron chi connectivity index (χ1n) is 4.53. The average molecular weight is 360 g/mol. The molecule has 0 N–H and O–H groups in total. The molecule has 1 rings (SSSR count). The van der Waals surface area contributed by atoms with Crippen molar-refractivity contribution in [3.8, 4) is 5.88 Å².